The van der Waals surface area contributed by atoms with Gasteiger partial charge in [-0.1, -0.05) is 26.0 Å². The highest BCUT2D eigenvalue weighted by Crippen LogP contribution is 2.30. The normalized spacial score (nSPS) is 10.8. The molecular formula is C15H17NO. The molecule has 1 aromatic carbocycles. The molecule has 88 valence electrons. The van der Waals surface area contributed by atoms with Crippen molar-refractivity contribution >= 4 is 0 Å². The van der Waals surface area contributed by atoms with Gasteiger partial charge >= 0.3 is 0 Å². The van der Waals surface area contributed by atoms with E-state index in [1.165, 1.54) is 0 Å². The van der Waals surface area contributed by atoms with Crippen molar-refractivity contribution in [2.75, 3.05) is 0 Å². The lowest BCUT2D eigenvalue weighted by Crippen LogP contribution is -1.89. The maximum Gasteiger partial charge on any atom is 0.119 e. The number of benzene rings is 1. The third-order valence-corrected chi connectivity index (χ3v) is 2.88. The molecule has 2 aromatic rings. The number of aryl methyl sites for hydroxylation is 1. The van der Waals surface area contributed by atoms with Crippen LogP contribution in [-0.2, 0) is 0 Å². The highest BCUT2D eigenvalue weighted by atomic mass is 16.3. The molecule has 2 nitrogen and oxygen atoms in total. The van der Waals surface area contributed by atoms with Crippen LogP contribution >= 0.6 is 0 Å². The van der Waals surface area contributed by atoms with Gasteiger partial charge in [-0.2, -0.15) is 0 Å². The minimum Gasteiger partial charge on any atom is -0.508 e. The number of pyridine rings is 1. The molecule has 2 heteroatoms. The first kappa shape index (κ1) is 11.6. The molecule has 0 spiro atoms. The van der Waals surface area contributed by atoms with Gasteiger partial charge in [-0.05, 0) is 47.7 Å². The van der Waals surface area contributed by atoms with Gasteiger partial charge in [-0.15, -0.1) is 0 Å². The smallest absolute Gasteiger partial charge is 0.119 e. The predicted octanol–water partition coefficient (Wildman–Crippen LogP) is 3.89. The highest BCUT2D eigenvalue weighted by Gasteiger charge is 2.07. The summed E-state index contributed by atoms with van der Waals surface area (Å²) in [6.45, 7) is 6.11. The second-order valence-electron chi connectivity index (χ2n) is 4.61. The van der Waals surface area contributed by atoms with E-state index in [1.807, 2.05) is 37.3 Å². The van der Waals surface area contributed by atoms with Crippen molar-refractivity contribution < 1.29 is 5.11 Å². The topological polar surface area (TPSA) is 33.1 Å². The van der Waals surface area contributed by atoms with Crippen molar-refractivity contribution in [1.82, 2.24) is 4.98 Å². The lowest BCUT2D eigenvalue weighted by molar-refractivity contribution is 0.465. The lowest BCUT2D eigenvalue weighted by atomic mass is 9.98. The van der Waals surface area contributed by atoms with Crippen LogP contribution in [0.4, 0.5) is 0 Å². The zero-order valence-corrected chi connectivity index (χ0v) is 10.4. The average molecular weight is 227 g/mol. The number of nitrogens with zero attached hydrogens (tertiary/aromatic N) is 1. The largest absolute Gasteiger partial charge is 0.508 e. The van der Waals surface area contributed by atoms with Crippen molar-refractivity contribution in [2.24, 2.45) is 0 Å². The summed E-state index contributed by atoms with van der Waals surface area (Å²) in [4.78, 5) is 4.17. The number of phenolic OH excluding ortho intramolecular Hbond substituents is 1. The first-order chi connectivity index (χ1) is 8.08. The van der Waals surface area contributed by atoms with Crippen LogP contribution in [0.25, 0.3) is 11.1 Å². The molecule has 0 aliphatic carbocycles. The van der Waals surface area contributed by atoms with Gasteiger partial charge in [-0.3, -0.25) is 4.98 Å². The molecule has 0 saturated heterocycles. The summed E-state index contributed by atoms with van der Waals surface area (Å²) in [6, 6.07) is 9.83. The molecule has 0 unspecified atom stereocenters. The Morgan fingerprint density at radius 1 is 1.06 bits per heavy atom. The monoisotopic (exact) mass is 227 g/mol. The summed E-state index contributed by atoms with van der Waals surface area (Å²) in [7, 11) is 0. The molecule has 1 N–H and O–H groups in total. The molecule has 0 saturated carbocycles. The Bertz CT molecular complexity index is 532. The molecule has 0 bridgehead atoms. The van der Waals surface area contributed by atoms with Gasteiger partial charge in [0.1, 0.15) is 5.75 Å². The highest BCUT2D eigenvalue weighted by molar-refractivity contribution is 5.66. The van der Waals surface area contributed by atoms with Gasteiger partial charge in [0.15, 0.2) is 0 Å². The van der Waals surface area contributed by atoms with E-state index in [0.717, 1.165) is 22.4 Å². The van der Waals surface area contributed by atoms with Gasteiger partial charge in [-0.25, -0.2) is 0 Å². The zero-order chi connectivity index (χ0) is 12.4. The third kappa shape index (κ3) is 2.47. The Kier molecular flexibility index (Phi) is 3.14. The summed E-state index contributed by atoms with van der Waals surface area (Å²) in [6.07, 6.45) is 1.79. The van der Waals surface area contributed by atoms with Gasteiger partial charge in [0.25, 0.3) is 0 Å². The molecule has 1 aromatic heterocycles. The van der Waals surface area contributed by atoms with Gasteiger partial charge in [0, 0.05) is 11.9 Å². The first-order valence-corrected chi connectivity index (χ1v) is 5.84. The number of aromatic hydroxyl groups is 1. The first-order valence-electron chi connectivity index (χ1n) is 5.84. The Labute approximate surface area is 102 Å². The quantitative estimate of drug-likeness (QED) is 0.844. The number of phenols is 1. The Morgan fingerprint density at radius 2 is 1.76 bits per heavy atom. The predicted molar refractivity (Wildman–Crippen MR) is 70.2 cm³/mol. The van der Waals surface area contributed by atoms with E-state index in [2.05, 4.69) is 18.8 Å². The standard InChI is InChI=1S/C15H17NO/c1-10(2)14-5-4-12(9-15(14)17)13-6-7-16-11(3)8-13/h4-10,17H,1-3H3. The maximum absolute atomic E-state index is 9.98. The summed E-state index contributed by atoms with van der Waals surface area (Å²) in [5.41, 5.74) is 4.08. The van der Waals surface area contributed by atoms with Crippen molar-refractivity contribution in [3.8, 4) is 16.9 Å². The van der Waals surface area contributed by atoms with E-state index in [-0.39, 0.29) is 0 Å². The van der Waals surface area contributed by atoms with Gasteiger partial charge in [0.05, 0.1) is 0 Å². The van der Waals surface area contributed by atoms with Crippen LogP contribution in [0.2, 0.25) is 0 Å². The summed E-state index contributed by atoms with van der Waals surface area (Å²) in [5, 5.41) is 9.98. The average Bonchev–Trinajstić information content (AvgIpc) is 2.28. The molecular weight excluding hydrogens is 210 g/mol. The minimum absolute atomic E-state index is 0.336. The minimum atomic E-state index is 0.336. The van der Waals surface area contributed by atoms with Gasteiger partial charge in [0.2, 0.25) is 0 Å². The van der Waals surface area contributed by atoms with Crippen molar-refractivity contribution in [3.63, 3.8) is 0 Å². The second kappa shape index (κ2) is 4.58. The van der Waals surface area contributed by atoms with Crippen LogP contribution in [-0.4, -0.2) is 10.1 Å². The fourth-order valence-electron chi connectivity index (χ4n) is 1.94. The molecule has 0 amide bonds. The van der Waals surface area contributed by atoms with Crippen molar-refractivity contribution in [1.29, 1.82) is 0 Å². The Morgan fingerprint density at radius 3 is 2.35 bits per heavy atom. The molecule has 2 rings (SSSR count). The number of rotatable bonds is 2. The van der Waals surface area contributed by atoms with Crippen LogP contribution < -0.4 is 0 Å². The van der Waals surface area contributed by atoms with E-state index in [9.17, 15) is 5.11 Å². The second-order valence-corrected chi connectivity index (χ2v) is 4.61. The van der Waals surface area contributed by atoms with Crippen LogP contribution in [0.15, 0.2) is 36.5 Å². The fraction of sp³-hybridized carbons (Fsp3) is 0.267. The molecule has 0 atom stereocenters. The molecule has 17 heavy (non-hydrogen) atoms. The van der Waals surface area contributed by atoms with E-state index < -0.39 is 0 Å². The molecule has 0 aliphatic rings. The van der Waals surface area contributed by atoms with Crippen LogP contribution in [0.1, 0.15) is 31.0 Å². The van der Waals surface area contributed by atoms with Crippen LogP contribution in [0, 0.1) is 6.92 Å². The van der Waals surface area contributed by atoms with E-state index in [4.69, 9.17) is 0 Å². The number of hydrogen-bond acceptors (Lipinski definition) is 2. The molecule has 0 fully saturated rings. The fourth-order valence-corrected chi connectivity index (χ4v) is 1.94. The van der Waals surface area contributed by atoms with E-state index in [0.29, 0.717) is 11.7 Å². The molecule has 1 heterocycles. The third-order valence-electron chi connectivity index (χ3n) is 2.88. The summed E-state index contributed by atoms with van der Waals surface area (Å²) in [5.74, 6) is 0.704. The number of hydrogen-bond donors (Lipinski definition) is 1. The van der Waals surface area contributed by atoms with Gasteiger partial charge < -0.3 is 5.11 Å². The Balaban J connectivity index is 2.44. The summed E-state index contributed by atoms with van der Waals surface area (Å²) < 4.78 is 0. The molecule has 0 aliphatic heterocycles. The Hall–Kier alpha value is -1.83. The lowest BCUT2D eigenvalue weighted by Gasteiger charge is -2.10. The van der Waals surface area contributed by atoms with Crippen molar-refractivity contribution in [3.05, 3.63) is 47.8 Å². The summed E-state index contributed by atoms with van der Waals surface area (Å²) >= 11 is 0. The van der Waals surface area contributed by atoms with Crippen LogP contribution in [0.5, 0.6) is 5.75 Å². The maximum atomic E-state index is 9.98. The van der Waals surface area contributed by atoms with Crippen molar-refractivity contribution in [2.45, 2.75) is 26.7 Å². The number of aromatic nitrogens is 1. The zero-order valence-electron chi connectivity index (χ0n) is 10.4. The van der Waals surface area contributed by atoms with E-state index in [1.54, 1.807) is 6.20 Å². The SMILES string of the molecule is Cc1cc(-c2ccc(C(C)C)c(O)c2)ccn1. The van der Waals surface area contributed by atoms with Crippen LogP contribution in [0.3, 0.4) is 0 Å². The molecule has 0 radical (unpaired) electrons. The van der Waals surface area contributed by atoms with E-state index >= 15 is 0 Å².